The maximum atomic E-state index is 12.7. The summed E-state index contributed by atoms with van der Waals surface area (Å²) in [4.78, 5) is 2.78. The van der Waals surface area contributed by atoms with Crippen molar-refractivity contribution in [2.45, 2.75) is 115 Å². The standard InChI is InChI=1S/C31H50N2O4SSi2/c1-23-12-19-27(20-13-23)38(34,35)33-32-25-16-14-24(15-17-25)28-21-18-26(36-39(8,9)30(2,3)4)22-29(28)37-40(10,11)31(5,6)7/h12-13,16,18-22,24,32-33H,14-15,17H2,1-11H3. The molecule has 222 valence electrons. The predicted octanol–water partition coefficient (Wildman–Crippen LogP) is 8.40. The number of allylic oxidation sites excluding steroid dienone is 2. The van der Waals surface area contributed by atoms with E-state index in [-0.39, 0.29) is 20.9 Å². The molecule has 0 radical (unpaired) electrons. The number of hydrogen-bond donors (Lipinski definition) is 2. The summed E-state index contributed by atoms with van der Waals surface area (Å²) in [6.07, 6.45) is 4.52. The monoisotopic (exact) mass is 602 g/mol. The molecule has 1 aliphatic rings. The van der Waals surface area contributed by atoms with Crippen molar-refractivity contribution in [1.29, 1.82) is 0 Å². The Morgan fingerprint density at radius 2 is 1.43 bits per heavy atom. The van der Waals surface area contributed by atoms with Crippen molar-refractivity contribution < 1.29 is 17.3 Å². The van der Waals surface area contributed by atoms with E-state index in [1.54, 1.807) is 24.3 Å². The summed E-state index contributed by atoms with van der Waals surface area (Å²) in [6.45, 7) is 24.6. The van der Waals surface area contributed by atoms with Crippen molar-refractivity contribution in [3.05, 3.63) is 65.4 Å². The third-order valence-corrected chi connectivity index (χ3v) is 18.8. The van der Waals surface area contributed by atoms with E-state index in [1.807, 2.05) is 6.92 Å². The molecule has 0 saturated carbocycles. The summed E-state index contributed by atoms with van der Waals surface area (Å²) in [7, 11) is -7.73. The summed E-state index contributed by atoms with van der Waals surface area (Å²) in [5.74, 6) is 2.09. The molecule has 0 bridgehead atoms. The Bertz CT molecular complexity index is 1320. The second kappa shape index (κ2) is 11.7. The molecule has 0 fully saturated rings. The first kappa shape index (κ1) is 32.4. The normalized spacial score (nSPS) is 17.3. The van der Waals surface area contributed by atoms with Gasteiger partial charge in [-0.15, -0.1) is 4.83 Å². The molecule has 0 heterocycles. The Balaban J connectivity index is 1.82. The Morgan fingerprint density at radius 3 is 1.95 bits per heavy atom. The highest BCUT2D eigenvalue weighted by Crippen LogP contribution is 2.44. The van der Waals surface area contributed by atoms with Gasteiger partial charge >= 0.3 is 0 Å². The van der Waals surface area contributed by atoms with E-state index in [0.29, 0.717) is 0 Å². The zero-order valence-electron chi connectivity index (χ0n) is 26.4. The highest BCUT2D eigenvalue weighted by molar-refractivity contribution is 7.89. The molecule has 0 spiro atoms. The van der Waals surface area contributed by atoms with Crippen LogP contribution in [-0.4, -0.2) is 25.1 Å². The van der Waals surface area contributed by atoms with Gasteiger partial charge in [0.2, 0.25) is 16.6 Å². The molecule has 3 rings (SSSR count). The molecule has 1 unspecified atom stereocenters. The lowest BCUT2D eigenvalue weighted by molar-refractivity contribution is 0.461. The van der Waals surface area contributed by atoms with E-state index in [9.17, 15) is 8.42 Å². The quantitative estimate of drug-likeness (QED) is 0.223. The van der Waals surface area contributed by atoms with Crippen molar-refractivity contribution >= 4 is 26.7 Å². The maximum Gasteiger partial charge on any atom is 0.257 e. The van der Waals surface area contributed by atoms with Gasteiger partial charge in [0.05, 0.1) is 4.90 Å². The number of sulfonamides is 1. The van der Waals surface area contributed by atoms with Gasteiger partial charge in [-0.05, 0) is 92.1 Å². The molecule has 40 heavy (non-hydrogen) atoms. The number of aryl methyl sites for hydroxylation is 1. The lowest BCUT2D eigenvalue weighted by Gasteiger charge is -2.39. The van der Waals surface area contributed by atoms with Gasteiger partial charge in [0.25, 0.3) is 10.0 Å². The summed E-state index contributed by atoms with van der Waals surface area (Å²) >= 11 is 0. The van der Waals surface area contributed by atoms with E-state index < -0.39 is 26.7 Å². The first-order valence-electron chi connectivity index (χ1n) is 14.3. The smallest absolute Gasteiger partial charge is 0.257 e. The molecule has 0 aromatic heterocycles. The molecule has 1 aliphatic carbocycles. The lowest BCUT2D eigenvalue weighted by Crippen LogP contribution is -2.44. The highest BCUT2D eigenvalue weighted by Gasteiger charge is 2.41. The summed E-state index contributed by atoms with van der Waals surface area (Å²) in [6, 6.07) is 13.2. The van der Waals surface area contributed by atoms with Crippen LogP contribution in [0.3, 0.4) is 0 Å². The van der Waals surface area contributed by atoms with Gasteiger partial charge in [-0.2, -0.15) is 0 Å². The molecule has 0 aliphatic heterocycles. The minimum atomic E-state index is -3.64. The van der Waals surface area contributed by atoms with Crippen LogP contribution in [0, 0.1) is 6.92 Å². The van der Waals surface area contributed by atoms with Gasteiger partial charge in [0.1, 0.15) is 11.5 Å². The van der Waals surface area contributed by atoms with Crippen LogP contribution in [0.4, 0.5) is 0 Å². The molecule has 2 aromatic rings. The Labute approximate surface area is 245 Å². The molecule has 1 atom stereocenters. The number of hydrogen-bond acceptors (Lipinski definition) is 5. The molecular weight excluding hydrogens is 553 g/mol. The highest BCUT2D eigenvalue weighted by atomic mass is 32.2. The van der Waals surface area contributed by atoms with E-state index in [1.165, 1.54) is 5.56 Å². The zero-order valence-corrected chi connectivity index (χ0v) is 29.2. The van der Waals surface area contributed by atoms with Gasteiger partial charge in [-0.3, -0.25) is 0 Å². The fourth-order valence-corrected chi connectivity index (χ4v) is 6.95. The van der Waals surface area contributed by atoms with E-state index >= 15 is 0 Å². The van der Waals surface area contributed by atoms with Crippen LogP contribution in [0.25, 0.3) is 0 Å². The molecular formula is C31H50N2O4SSi2. The molecule has 2 N–H and O–H groups in total. The molecule has 0 amide bonds. The Kier molecular flexibility index (Phi) is 9.46. The Morgan fingerprint density at radius 1 is 0.850 bits per heavy atom. The Hall–Kier alpha value is -2.08. The number of nitrogens with one attached hydrogen (secondary N) is 2. The van der Waals surface area contributed by atoms with Gasteiger partial charge in [0, 0.05) is 11.8 Å². The second-order valence-corrected chi connectivity index (χ2v) is 25.3. The van der Waals surface area contributed by atoms with Gasteiger partial charge in [0.15, 0.2) is 0 Å². The topological polar surface area (TPSA) is 76.7 Å². The van der Waals surface area contributed by atoms with Crippen LogP contribution in [0.15, 0.2) is 59.1 Å². The van der Waals surface area contributed by atoms with Gasteiger partial charge in [-0.25, -0.2) is 8.42 Å². The lowest BCUT2D eigenvalue weighted by atomic mass is 9.86. The first-order chi connectivity index (χ1) is 18.2. The fraction of sp³-hybridized carbons (Fsp3) is 0.548. The van der Waals surface area contributed by atoms with Crippen molar-refractivity contribution in [3.63, 3.8) is 0 Å². The van der Waals surface area contributed by atoms with Crippen molar-refractivity contribution in [1.82, 2.24) is 10.3 Å². The molecule has 6 nitrogen and oxygen atoms in total. The predicted molar refractivity (Wildman–Crippen MR) is 171 cm³/mol. The zero-order chi connectivity index (χ0) is 30.1. The van der Waals surface area contributed by atoms with Crippen molar-refractivity contribution in [2.24, 2.45) is 0 Å². The molecule has 0 saturated heterocycles. The van der Waals surface area contributed by atoms with E-state index in [0.717, 1.165) is 42.0 Å². The van der Waals surface area contributed by atoms with Crippen molar-refractivity contribution in [3.8, 4) is 11.5 Å². The summed E-state index contributed by atoms with van der Waals surface area (Å²) < 4.78 is 39.0. The summed E-state index contributed by atoms with van der Waals surface area (Å²) in [5, 5.41) is 0.170. The van der Waals surface area contributed by atoms with Gasteiger partial charge < -0.3 is 14.3 Å². The van der Waals surface area contributed by atoms with Crippen molar-refractivity contribution in [2.75, 3.05) is 0 Å². The minimum Gasteiger partial charge on any atom is -0.543 e. The first-order valence-corrected chi connectivity index (χ1v) is 21.6. The largest absolute Gasteiger partial charge is 0.543 e. The average Bonchev–Trinajstić information content (AvgIpc) is 2.82. The van der Waals surface area contributed by atoms with Crippen LogP contribution >= 0.6 is 0 Å². The number of hydrazine groups is 1. The maximum absolute atomic E-state index is 12.7. The van der Waals surface area contributed by atoms with E-state index in [2.05, 4.69) is 102 Å². The summed E-state index contributed by atoms with van der Waals surface area (Å²) in [5.41, 5.74) is 6.05. The molecule has 9 heteroatoms. The second-order valence-electron chi connectivity index (χ2n) is 14.2. The fourth-order valence-electron chi connectivity index (χ4n) is 4.02. The number of benzene rings is 2. The van der Waals surface area contributed by atoms with Crippen LogP contribution in [0.1, 0.15) is 77.8 Å². The van der Waals surface area contributed by atoms with Crippen LogP contribution in [0.2, 0.25) is 36.3 Å². The third-order valence-electron chi connectivity index (χ3n) is 8.86. The minimum absolute atomic E-state index is 0.0682. The molecule has 2 aromatic carbocycles. The SMILES string of the molecule is Cc1ccc(S(=O)(=O)NNC2=CCC(c3ccc(O[Si](C)(C)C(C)(C)C)cc3O[Si](C)(C)C(C)(C)C)CC2)cc1. The van der Waals surface area contributed by atoms with Crippen LogP contribution in [-0.2, 0) is 10.0 Å². The van der Waals surface area contributed by atoms with Crippen LogP contribution < -0.4 is 19.1 Å². The van der Waals surface area contributed by atoms with E-state index in [4.69, 9.17) is 8.85 Å². The van der Waals surface area contributed by atoms with Gasteiger partial charge in [-0.1, -0.05) is 71.4 Å². The van der Waals surface area contributed by atoms with Crippen LogP contribution in [0.5, 0.6) is 11.5 Å². The number of rotatable bonds is 9. The average molecular weight is 603 g/mol. The third kappa shape index (κ3) is 7.81.